The molecule has 0 saturated carbocycles. The second-order valence-corrected chi connectivity index (χ2v) is 11.7. The first-order valence-electron chi connectivity index (χ1n) is 10.4. The van der Waals surface area contributed by atoms with E-state index in [-0.39, 0.29) is 11.6 Å². The fourth-order valence-electron chi connectivity index (χ4n) is 3.71. The van der Waals surface area contributed by atoms with E-state index < -0.39 is 18.2 Å². The van der Waals surface area contributed by atoms with Gasteiger partial charge in [0, 0.05) is 16.3 Å². The number of aryl methyl sites for hydroxylation is 1. The van der Waals surface area contributed by atoms with Crippen molar-refractivity contribution >= 4 is 52.5 Å². The number of rotatable bonds is 4. The SMILES string of the molecule is Cc1nn(-c2ccccc2)c2c1P(=S)(Nc1cccc(C(F)(F)F)c1)OC(c1ccc(Cl)cc1)=N2. The highest BCUT2D eigenvalue weighted by molar-refractivity contribution is 8.16. The van der Waals surface area contributed by atoms with E-state index in [1.54, 1.807) is 35.9 Å². The molecule has 1 N–H and O–H groups in total. The quantitative estimate of drug-likeness (QED) is 0.287. The maximum Gasteiger partial charge on any atom is 0.416 e. The zero-order valence-electron chi connectivity index (χ0n) is 18.1. The minimum absolute atomic E-state index is 0.193. The van der Waals surface area contributed by atoms with E-state index in [4.69, 9.17) is 32.9 Å². The maximum atomic E-state index is 13.3. The van der Waals surface area contributed by atoms with Crippen LogP contribution < -0.4 is 10.4 Å². The van der Waals surface area contributed by atoms with E-state index in [1.807, 2.05) is 30.3 Å². The highest BCUT2D eigenvalue weighted by Gasteiger charge is 2.38. The summed E-state index contributed by atoms with van der Waals surface area (Å²) in [5.74, 6) is 0.696. The summed E-state index contributed by atoms with van der Waals surface area (Å²) in [4.78, 5) is 4.73. The van der Waals surface area contributed by atoms with Gasteiger partial charge in [0.2, 0.25) is 12.3 Å². The van der Waals surface area contributed by atoms with Crippen LogP contribution in [0.25, 0.3) is 5.69 Å². The van der Waals surface area contributed by atoms with Gasteiger partial charge < -0.3 is 9.61 Å². The Morgan fingerprint density at radius 2 is 1.71 bits per heavy atom. The summed E-state index contributed by atoms with van der Waals surface area (Å²) in [6, 6.07) is 21.1. The number of hydrogen-bond acceptors (Lipinski definition) is 4. The van der Waals surface area contributed by atoms with Gasteiger partial charge in [0.25, 0.3) is 0 Å². The first-order valence-corrected chi connectivity index (χ1v) is 13.5. The van der Waals surface area contributed by atoms with E-state index in [0.717, 1.165) is 17.8 Å². The van der Waals surface area contributed by atoms with Crippen molar-refractivity contribution in [3.63, 3.8) is 0 Å². The molecule has 5 rings (SSSR count). The predicted octanol–water partition coefficient (Wildman–Crippen LogP) is 7.01. The summed E-state index contributed by atoms with van der Waals surface area (Å²) in [6.45, 7) is 1.78. The van der Waals surface area contributed by atoms with Crippen molar-refractivity contribution < 1.29 is 17.7 Å². The van der Waals surface area contributed by atoms with Gasteiger partial charge in [-0.2, -0.15) is 23.3 Å². The van der Waals surface area contributed by atoms with Gasteiger partial charge in [0.15, 0.2) is 5.82 Å². The zero-order chi connectivity index (χ0) is 24.8. The number of hydrogen-bond donors (Lipinski definition) is 1. The third-order valence-electron chi connectivity index (χ3n) is 5.28. The van der Waals surface area contributed by atoms with E-state index in [1.165, 1.54) is 12.1 Å². The number of fused-ring (bicyclic) bond motifs is 1. The van der Waals surface area contributed by atoms with Crippen molar-refractivity contribution in [3.8, 4) is 5.69 Å². The topological polar surface area (TPSA) is 51.4 Å². The Hall–Kier alpha value is -3.13. The number of alkyl halides is 3. The molecule has 0 saturated heterocycles. The number of nitrogens with zero attached hydrogens (tertiary/aromatic N) is 3. The Morgan fingerprint density at radius 1 is 1.00 bits per heavy atom. The van der Waals surface area contributed by atoms with E-state index in [9.17, 15) is 13.2 Å². The molecule has 0 radical (unpaired) electrons. The lowest BCUT2D eigenvalue weighted by Crippen LogP contribution is -2.23. The van der Waals surface area contributed by atoms with Crippen molar-refractivity contribution in [1.29, 1.82) is 0 Å². The molecule has 2 heterocycles. The van der Waals surface area contributed by atoms with Crippen molar-refractivity contribution in [2.75, 3.05) is 5.09 Å². The predicted molar refractivity (Wildman–Crippen MR) is 136 cm³/mol. The van der Waals surface area contributed by atoms with Crippen LogP contribution in [0.5, 0.6) is 0 Å². The van der Waals surface area contributed by atoms with E-state index >= 15 is 0 Å². The van der Waals surface area contributed by atoms with Crippen molar-refractivity contribution in [1.82, 2.24) is 9.78 Å². The van der Waals surface area contributed by atoms with Crippen LogP contribution in [-0.2, 0) is 22.5 Å². The number of aliphatic imine (C=N–C) groups is 1. The molecule has 178 valence electrons. The number of benzene rings is 3. The molecule has 0 aliphatic carbocycles. The number of aromatic nitrogens is 2. The van der Waals surface area contributed by atoms with Gasteiger partial charge in [-0.25, -0.2) is 4.68 Å². The van der Waals surface area contributed by atoms with Crippen LogP contribution in [-0.4, -0.2) is 15.7 Å². The summed E-state index contributed by atoms with van der Waals surface area (Å²) in [7, 11) is 0. The summed E-state index contributed by atoms with van der Waals surface area (Å²) < 4.78 is 47.9. The summed E-state index contributed by atoms with van der Waals surface area (Å²) in [5.41, 5.74) is 1.37. The molecule has 11 heteroatoms. The smallest absolute Gasteiger partial charge is 0.416 e. The molecule has 35 heavy (non-hydrogen) atoms. The molecule has 5 nitrogen and oxygen atoms in total. The van der Waals surface area contributed by atoms with Crippen LogP contribution in [0.3, 0.4) is 0 Å². The Kier molecular flexibility index (Phi) is 5.95. The molecule has 0 fully saturated rings. The van der Waals surface area contributed by atoms with Crippen LogP contribution in [0.2, 0.25) is 5.02 Å². The second-order valence-electron chi connectivity index (χ2n) is 7.76. The molecule has 3 aromatic carbocycles. The van der Waals surface area contributed by atoms with Crippen LogP contribution in [0.15, 0.2) is 83.9 Å². The van der Waals surface area contributed by atoms with Crippen LogP contribution in [0, 0.1) is 6.92 Å². The standard InChI is InChI=1S/C24H17ClF3N4OPS/c1-15-21-22(32(30-15)20-8-3-2-4-9-20)29-23(16-10-12-18(25)13-11-16)33-34(21,35)31-19-7-5-6-17(14-19)24(26,27)28/h2-14H,1H3,(H,31,35). The highest BCUT2D eigenvalue weighted by Crippen LogP contribution is 2.53. The number of para-hydroxylation sites is 1. The van der Waals surface area contributed by atoms with Crippen molar-refractivity contribution in [2.45, 2.75) is 13.1 Å². The van der Waals surface area contributed by atoms with Gasteiger partial charge in [-0.05, 0) is 73.3 Å². The maximum absolute atomic E-state index is 13.3. The van der Waals surface area contributed by atoms with Crippen LogP contribution in [0.4, 0.5) is 24.7 Å². The number of anilines is 1. The van der Waals surface area contributed by atoms with E-state index in [2.05, 4.69) is 10.2 Å². The molecule has 1 aromatic heterocycles. The number of halogens is 4. The average Bonchev–Trinajstić information content (AvgIpc) is 3.17. The third-order valence-corrected chi connectivity index (χ3v) is 8.67. The Labute approximate surface area is 209 Å². The molecular weight excluding hydrogens is 516 g/mol. The van der Waals surface area contributed by atoms with Gasteiger partial charge in [0.05, 0.1) is 16.9 Å². The lowest BCUT2D eigenvalue weighted by molar-refractivity contribution is -0.137. The minimum atomic E-state index is -4.49. The molecule has 4 aromatic rings. The molecule has 0 bridgehead atoms. The fraction of sp³-hybridized carbons (Fsp3) is 0.0833. The van der Waals surface area contributed by atoms with Gasteiger partial charge in [-0.1, -0.05) is 35.9 Å². The first kappa shape index (κ1) is 23.6. The van der Waals surface area contributed by atoms with E-state index in [0.29, 0.717) is 27.4 Å². The third kappa shape index (κ3) is 4.59. The highest BCUT2D eigenvalue weighted by atomic mass is 35.5. The average molecular weight is 533 g/mol. The molecular formula is C24H17ClF3N4OPS. The molecule has 0 amide bonds. The zero-order valence-corrected chi connectivity index (χ0v) is 20.6. The Morgan fingerprint density at radius 3 is 2.40 bits per heavy atom. The lowest BCUT2D eigenvalue weighted by Gasteiger charge is -2.29. The second kappa shape index (κ2) is 8.82. The van der Waals surface area contributed by atoms with Gasteiger partial charge in [0.1, 0.15) is 5.30 Å². The van der Waals surface area contributed by atoms with Gasteiger partial charge in [-0.15, -0.1) is 0 Å². The van der Waals surface area contributed by atoms with Gasteiger partial charge >= 0.3 is 6.18 Å². The monoisotopic (exact) mass is 532 g/mol. The minimum Gasteiger partial charge on any atom is -0.426 e. The Balaban J connectivity index is 1.67. The van der Waals surface area contributed by atoms with Crippen LogP contribution in [0.1, 0.15) is 16.8 Å². The molecule has 0 spiro atoms. The number of nitrogens with one attached hydrogen (secondary N) is 1. The largest absolute Gasteiger partial charge is 0.426 e. The van der Waals surface area contributed by atoms with Crippen LogP contribution >= 0.6 is 18.0 Å². The van der Waals surface area contributed by atoms with Crippen molar-refractivity contribution in [2.24, 2.45) is 4.99 Å². The Bertz CT molecular complexity index is 1490. The molecule has 1 unspecified atom stereocenters. The summed E-state index contributed by atoms with van der Waals surface area (Å²) in [6.07, 6.45) is -7.69. The molecule has 1 aliphatic rings. The summed E-state index contributed by atoms with van der Waals surface area (Å²) >= 11 is 12.1. The molecule has 1 atom stereocenters. The fourth-order valence-corrected chi connectivity index (χ4v) is 7.00. The van der Waals surface area contributed by atoms with Gasteiger partial charge in [-0.3, -0.25) is 0 Å². The molecule has 1 aliphatic heterocycles. The normalized spacial score (nSPS) is 17.3. The van der Waals surface area contributed by atoms with Crippen molar-refractivity contribution in [3.05, 3.63) is 101 Å². The lowest BCUT2D eigenvalue weighted by atomic mass is 10.2. The first-order chi connectivity index (χ1) is 16.6. The summed E-state index contributed by atoms with van der Waals surface area (Å²) in [5, 5.41) is 8.82.